The molecule has 2 rings (SSSR count). The number of hydrogen-bond donors (Lipinski definition) is 1. The summed E-state index contributed by atoms with van der Waals surface area (Å²) in [7, 11) is 0. The van der Waals surface area contributed by atoms with Crippen molar-refractivity contribution in [2.75, 3.05) is 31.1 Å². The lowest BCUT2D eigenvalue weighted by atomic mass is 10.2. The van der Waals surface area contributed by atoms with Crippen LogP contribution in [0.1, 0.15) is 32.9 Å². The van der Waals surface area contributed by atoms with Gasteiger partial charge >= 0.3 is 6.09 Å². The van der Waals surface area contributed by atoms with Crippen LogP contribution in [0.2, 0.25) is 0 Å². The maximum absolute atomic E-state index is 12.1. The number of anilines is 1. The first kappa shape index (κ1) is 16.5. The van der Waals surface area contributed by atoms with E-state index in [2.05, 4.69) is 14.9 Å². The maximum atomic E-state index is 12.1. The van der Waals surface area contributed by atoms with Gasteiger partial charge in [0.25, 0.3) is 0 Å². The number of nitrogens with zero attached hydrogens (tertiary/aromatic N) is 4. The molecule has 1 aromatic heterocycles. The van der Waals surface area contributed by atoms with Crippen LogP contribution < -0.4 is 10.6 Å². The van der Waals surface area contributed by atoms with Gasteiger partial charge in [-0.05, 0) is 33.3 Å². The van der Waals surface area contributed by atoms with Crippen LogP contribution in [0.15, 0.2) is 12.3 Å². The maximum Gasteiger partial charge on any atom is 0.410 e. The van der Waals surface area contributed by atoms with Crippen molar-refractivity contribution in [2.24, 2.45) is 5.73 Å². The van der Waals surface area contributed by atoms with Gasteiger partial charge in [-0.2, -0.15) is 0 Å². The van der Waals surface area contributed by atoms with Gasteiger partial charge in [-0.1, -0.05) is 0 Å². The predicted octanol–water partition coefficient (Wildman–Crippen LogP) is 1.38. The third-order valence-corrected chi connectivity index (χ3v) is 3.34. The number of carbonyl (C=O) groups excluding carboxylic acids is 1. The van der Waals surface area contributed by atoms with Crippen LogP contribution in [0.5, 0.6) is 0 Å². The van der Waals surface area contributed by atoms with Crippen molar-refractivity contribution in [3.05, 3.63) is 18.0 Å². The topological polar surface area (TPSA) is 84.6 Å². The Morgan fingerprint density at radius 3 is 2.77 bits per heavy atom. The zero-order chi connectivity index (χ0) is 16.2. The van der Waals surface area contributed by atoms with Gasteiger partial charge in [0.2, 0.25) is 5.95 Å². The average Bonchev–Trinajstić information content (AvgIpc) is 2.71. The molecule has 1 aromatic rings. The van der Waals surface area contributed by atoms with Crippen molar-refractivity contribution in [1.29, 1.82) is 0 Å². The Bertz CT molecular complexity index is 515. The second kappa shape index (κ2) is 6.91. The molecule has 0 aromatic carbocycles. The molecule has 22 heavy (non-hydrogen) atoms. The molecule has 1 saturated heterocycles. The number of hydrogen-bond acceptors (Lipinski definition) is 6. The second-order valence-electron chi connectivity index (χ2n) is 6.36. The van der Waals surface area contributed by atoms with Gasteiger partial charge in [-0.3, -0.25) is 0 Å². The summed E-state index contributed by atoms with van der Waals surface area (Å²) in [5, 5.41) is 0. The Hall–Kier alpha value is -1.89. The molecule has 122 valence electrons. The molecule has 0 unspecified atom stereocenters. The Morgan fingerprint density at radius 2 is 2.09 bits per heavy atom. The van der Waals surface area contributed by atoms with Gasteiger partial charge in [0.1, 0.15) is 5.60 Å². The van der Waals surface area contributed by atoms with Crippen LogP contribution in [0.25, 0.3) is 0 Å². The minimum atomic E-state index is -0.471. The Labute approximate surface area is 131 Å². The van der Waals surface area contributed by atoms with Crippen LogP contribution in [-0.4, -0.2) is 52.7 Å². The molecule has 0 radical (unpaired) electrons. The minimum absolute atomic E-state index is 0.258. The van der Waals surface area contributed by atoms with E-state index in [1.54, 1.807) is 11.1 Å². The molecule has 2 N–H and O–H groups in total. The average molecular weight is 307 g/mol. The molecule has 1 amide bonds. The first-order valence-electron chi connectivity index (χ1n) is 7.64. The summed E-state index contributed by atoms with van der Waals surface area (Å²) in [6.07, 6.45) is 2.32. The van der Waals surface area contributed by atoms with Crippen LogP contribution >= 0.6 is 0 Å². The molecular formula is C15H25N5O2. The van der Waals surface area contributed by atoms with Crippen molar-refractivity contribution < 1.29 is 9.53 Å². The molecule has 0 aliphatic carbocycles. The van der Waals surface area contributed by atoms with E-state index in [-0.39, 0.29) is 6.09 Å². The zero-order valence-electron chi connectivity index (χ0n) is 13.6. The fourth-order valence-corrected chi connectivity index (χ4v) is 2.28. The Morgan fingerprint density at radius 1 is 1.32 bits per heavy atom. The van der Waals surface area contributed by atoms with Crippen molar-refractivity contribution >= 4 is 12.0 Å². The van der Waals surface area contributed by atoms with E-state index in [1.807, 2.05) is 26.8 Å². The summed E-state index contributed by atoms with van der Waals surface area (Å²) in [5.41, 5.74) is 5.97. The first-order valence-corrected chi connectivity index (χ1v) is 7.64. The summed E-state index contributed by atoms with van der Waals surface area (Å²) >= 11 is 0. The lowest BCUT2D eigenvalue weighted by molar-refractivity contribution is 0.0263. The highest BCUT2D eigenvalue weighted by molar-refractivity contribution is 5.68. The summed E-state index contributed by atoms with van der Waals surface area (Å²) in [6, 6.07) is 1.81. The molecule has 1 aliphatic heterocycles. The van der Waals surface area contributed by atoms with Crippen molar-refractivity contribution in [3.63, 3.8) is 0 Å². The number of amides is 1. The predicted molar refractivity (Wildman–Crippen MR) is 84.6 cm³/mol. The fraction of sp³-hybridized carbons (Fsp3) is 0.667. The lowest BCUT2D eigenvalue weighted by Gasteiger charge is -2.26. The number of carbonyl (C=O) groups is 1. The van der Waals surface area contributed by atoms with E-state index in [1.165, 1.54) is 0 Å². The molecule has 0 bridgehead atoms. The van der Waals surface area contributed by atoms with Gasteiger partial charge < -0.3 is 20.3 Å². The quantitative estimate of drug-likeness (QED) is 0.888. The molecular weight excluding hydrogens is 282 g/mol. The highest BCUT2D eigenvalue weighted by Crippen LogP contribution is 2.14. The van der Waals surface area contributed by atoms with Gasteiger partial charge in [0.05, 0.1) is 5.69 Å². The van der Waals surface area contributed by atoms with E-state index in [4.69, 9.17) is 10.5 Å². The number of nitrogens with two attached hydrogens (primary N) is 1. The van der Waals surface area contributed by atoms with Gasteiger partial charge in [0, 0.05) is 38.9 Å². The largest absolute Gasteiger partial charge is 0.444 e. The van der Waals surface area contributed by atoms with E-state index < -0.39 is 5.60 Å². The van der Waals surface area contributed by atoms with Crippen molar-refractivity contribution in [2.45, 2.75) is 39.3 Å². The van der Waals surface area contributed by atoms with E-state index in [0.717, 1.165) is 18.7 Å². The Kier molecular flexibility index (Phi) is 5.18. The number of rotatable bonds is 2. The summed E-state index contributed by atoms with van der Waals surface area (Å²) < 4.78 is 5.43. The normalized spacial score (nSPS) is 16.4. The first-order chi connectivity index (χ1) is 10.4. The standard InChI is InChI=1S/C15H25N5O2/c1-15(2,3)22-14(21)20-8-4-7-19(9-10-20)13-17-6-5-12(11-16)18-13/h5-6H,4,7-11,16H2,1-3H3. The number of aromatic nitrogens is 2. The summed E-state index contributed by atoms with van der Waals surface area (Å²) in [5.74, 6) is 0.675. The second-order valence-corrected chi connectivity index (χ2v) is 6.36. The molecule has 0 saturated carbocycles. The monoisotopic (exact) mass is 307 g/mol. The lowest BCUT2D eigenvalue weighted by Crippen LogP contribution is -2.39. The smallest absolute Gasteiger partial charge is 0.410 e. The number of ether oxygens (including phenoxy) is 1. The third kappa shape index (κ3) is 4.56. The SMILES string of the molecule is CC(C)(C)OC(=O)N1CCCN(c2nccc(CN)n2)CC1. The van der Waals surface area contributed by atoms with Crippen molar-refractivity contribution in [3.8, 4) is 0 Å². The minimum Gasteiger partial charge on any atom is -0.444 e. The summed E-state index contributed by atoms with van der Waals surface area (Å²) in [4.78, 5) is 24.7. The van der Waals surface area contributed by atoms with Crippen molar-refractivity contribution in [1.82, 2.24) is 14.9 Å². The van der Waals surface area contributed by atoms with Crippen LogP contribution in [0.3, 0.4) is 0 Å². The van der Waals surface area contributed by atoms with E-state index in [9.17, 15) is 4.79 Å². The van der Waals surface area contributed by atoms with Crippen LogP contribution in [0.4, 0.5) is 10.7 Å². The van der Waals surface area contributed by atoms with Gasteiger partial charge in [-0.25, -0.2) is 14.8 Å². The molecule has 0 atom stereocenters. The summed E-state index contributed by atoms with van der Waals surface area (Å²) in [6.45, 7) is 8.81. The van der Waals surface area contributed by atoms with Gasteiger partial charge in [-0.15, -0.1) is 0 Å². The molecule has 1 fully saturated rings. The highest BCUT2D eigenvalue weighted by Gasteiger charge is 2.25. The zero-order valence-corrected chi connectivity index (χ0v) is 13.6. The van der Waals surface area contributed by atoms with Gasteiger partial charge in [0.15, 0.2) is 0 Å². The third-order valence-electron chi connectivity index (χ3n) is 3.34. The molecule has 1 aliphatic rings. The van der Waals surface area contributed by atoms with Crippen LogP contribution in [-0.2, 0) is 11.3 Å². The molecule has 2 heterocycles. The van der Waals surface area contributed by atoms with Crippen LogP contribution in [0, 0.1) is 0 Å². The molecule has 7 nitrogen and oxygen atoms in total. The van der Waals surface area contributed by atoms with E-state index in [0.29, 0.717) is 32.1 Å². The highest BCUT2D eigenvalue weighted by atomic mass is 16.6. The van der Waals surface area contributed by atoms with E-state index >= 15 is 0 Å². The molecule has 7 heteroatoms. The fourth-order valence-electron chi connectivity index (χ4n) is 2.28. The molecule has 0 spiro atoms. The Balaban J connectivity index is 1.98.